The molecular weight excluding hydrogens is 212 g/mol. The van der Waals surface area contributed by atoms with Gasteiger partial charge in [0.1, 0.15) is 6.73 Å². The SMILES string of the molecule is CCCC(NC)c1ccn(COCC2CC2)c1. The van der Waals surface area contributed by atoms with E-state index < -0.39 is 0 Å². The molecule has 3 heteroatoms. The summed E-state index contributed by atoms with van der Waals surface area (Å²) in [5.74, 6) is 0.843. The second kappa shape index (κ2) is 6.22. The summed E-state index contributed by atoms with van der Waals surface area (Å²) in [6.45, 7) is 3.84. The van der Waals surface area contributed by atoms with Gasteiger partial charge in [-0.25, -0.2) is 0 Å². The van der Waals surface area contributed by atoms with E-state index in [0.717, 1.165) is 12.5 Å². The van der Waals surface area contributed by atoms with E-state index in [0.29, 0.717) is 12.8 Å². The molecule has 0 aliphatic heterocycles. The Morgan fingerprint density at radius 2 is 2.35 bits per heavy atom. The molecule has 1 unspecified atom stereocenters. The Hall–Kier alpha value is -0.800. The third kappa shape index (κ3) is 3.86. The smallest absolute Gasteiger partial charge is 0.122 e. The van der Waals surface area contributed by atoms with Gasteiger partial charge in [-0.2, -0.15) is 0 Å². The van der Waals surface area contributed by atoms with Gasteiger partial charge in [-0.15, -0.1) is 0 Å². The van der Waals surface area contributed by atoms with Crippen LogP contribution in [0, 0.1) is 5.92 Å². The van der Waals surface area contributed by atoms with E-state index in [9.17, 15) is 0 Å². The van der Waals surface area contributed by atoms with Gasteiger partial charge in [0.05, 0.1) is 6.61 Å². The molecule has 1 aliphatic rings. The van der Waals surface area contributed by atoms with E-state index in [1.165, 1.54) is 31.2 Å². The summed E-state index contributed by atoms with van der Waals surface area (Å²) in [5, 5.41) is 3.36. The van der Waals surface area contributed by atoms with Gasteiger partial charge in [0.15, 0.2) is 0 Å². The van der Waals surface area contributed by atoms with Gasteiger partial charge in [0, 0.05) is 18.4 Å². The lowest BCUT2D eigenvalue weighted by Crippen LogP contribution is -2.15. The van der Waals surface area contributed by atoms with Gasteiger partial charge in [0.2, 0.25) is 0 Å². The number of nitrogens with zero attached hydrogens (tertiary/aromatic N) is 1. The predicted molar refractivity (Wildman–Crippen MR) is 69.8 cm³/mol. The zero-order valence-electron chi connectivity index (χ0n) is 11.0. The first-order chi connectivity index (χ1) is 8.33. The van der Waals surface area contributed by atoms with Crippen molar-refractivity contribution < 1.29 is 4.74 Å². The lowest BCUT2D eigenvalue weighted by Gasteiger charge is -2.13. The fraction of sp³-hybridized carbons (Fsp3) is 0.714. The van der Waals surface area contributed by atoms with Crippen LogP contribution in [-0.2, 0) is 11.5 Å². The van der Waals surface area contributed by atoms with E-state index >= 15 is 0 Å². The third-order valence-electron chi connectivity index (χ3n) is 3.39. The molecule has 1 atom stereocenters. The van der Waals surface area contributed by atoms with Crippen LogP contribution in [0.4, 0.5) is 0 Å². The zero-order valence-corrected chi connectivity index (χ0v) is 11.0. The zero-order chi connectivity index (χ0) is 12.1. The highest BCUT2D eigenvalue weighted by Gasteiger charge is 2.21. The Morgan fingerprint density at radius 1 is 1.53 bits per heavy atom. The van der Waals surface area contributed by atoms with Crippen molar-refractivity contribution in [3.8, 4) is 0 Å². The number of nitrogens with one attached hydrogen (secondary N) is 1. The lowest BCUT2D eigenvalue weighted by molar-refractivity contribution is 0.0691. The Morgan fingerprint density at radius 3 is 3.00 bits per heavy atom. The molecule has 3 nitrogen and oxygen atoms in total. The summed E-state index contributed by atoms with van der Waals surface area (Å²) in [6.07, 6.45) is 9.41. The Bertz CT molecular complexity index is 331. The molecule has 0 radical (unpaired) electrons. The molecule has 0 saturated heterocycles. The molecule has 1 aromatic rings. The van der Waals surface area contributed by atoms with Crippen molar-refractivity contribution in [2.75, 3.05) is 13.7 Å². The largest absolute Gasteiger partial charge is 0.361 e. The molecule has 1 saturated carbocycles. The van der Waals surface area contributed by atoms with Crippen molar-refractivity contribution in [1.29, 1.82) is 0 Å². The van der Waals surface area contributed by atoms with Gasteiger partial charge < -0.3 is 14.6 Å². The molecule has 1 N–H and O–H groups in total. The standard InChI is InChI=1S/C14H24N2O/c1-3-4-14(15-2)13-7-8-16(9-13)11-17-10-12-5-6-12/h7-9,12,14-15H,3-6,10-11H2,1-2H3. The first kappa shape index (κ1) is 12.7. The fourth-order valence-corrected chi connectivity index (χ4v) is 2.12. The summed E-state index contributed by atoms with van der Waals surface area (Å²) in [4.78, 5) is 0. The van der Waals surface area contributed by atoms with Crippen molar-refractivity contribution in [2.24, 2.45) is 5.92 Å². The minimum absolute atomic E-state index is 0.477. The van der Waals surface area contributed by atoms with E-state index in [4.69, 9.17) is 4.74 Å². The Kier molecular flexibility index (Phi) is 4.63. The van der Waals surface area contributed by atoms with Crippen molar-refractivity contribution in [2.45, 2.75) is 45.4 Å². The van der Waals surface area contributed by atoms with Crippen LogP contribution in [0.25, 0.3) is 0 Å². The van der Waals surface area contributed by atoms with Crippen LogP contribution < -0.4 is 5.32 Å². The summed E-state index contributed by atoms with van der Waals surface area (Å²) in [6, 6.07) is 2.67. The quantitative estimate of drug-likeness (QED) is 0.751. The molecule has 96 valence electrons. The van der Waals surface area contributed by atoms with Gasteiger partial charge in [-0.3, -0.25) is 0 Å². The maximum atomic E-state index is 5.67. The highest BCUT2D eigenvalue weighted by molar-refractivity contribution is 5.15. The Balaban J connectivity index is 1.80. The van der Waals surface area contributed by atoms with Gasteiger partial charge in [-0.05, 0) is 43.9 Å². The molecule has 0 amide bonds. The van der Waals surface area contributed by atoms with Crippen LogP contribution in [0.15, 0.2) is 18.5 Å². The van der Waals surface area contributed by atoms with Crippen LogP contribution in [0.5, 0.6) is 0 Å². The molecule has 2 rings (SSSR count). The van der Waals surface area contributed by atoms with Crippen LogP contribution in [0.2, 0.25) is 0 Å². The van der Waals surface area contributed by atoms with Crippen molar-refractivity contribution >= 4 is 0 Å². The van der Waals surface area contributed by atoms with Crippen LogP contribution in [-0.4, -0.2) is 18.2 Å². The van der Waals surface area contributed by atoms with Crippen molar-refractivity contribution in [3.05, 3.63) is 24.0 Å². The van der Waals surface area contributed by atoms with Crippen LogP contribution in [0.1, 0.15) is 44.2 Å². The summed E-state index contributed by atoms with van der Waals surface area (Å²) in [5.41, 5.74) is 1.37. The second-order valence-corrected chi connectivity index (χ2v) is 5.03. The molecule has 0 bridgehead atoms. The van der Waals surface area contributed by atoms with Gasteiger partial charge in [0.25, 0.3) is 0 Å². The van der Waals surface area contributed by atoms with Crippen molar-refractivity contribution in [1.82, 2.24) is 9.88 Å². The summed E-state index contributed by atoms with van der Waals surface area (Å²) < 4.78 is 7.81. The number of hydrogen-bond donors (Lipinski definition) is 1. The minimum atomic E-state index is 0.477. The lowest BCUT2D eigenvalue weighted by atomic mass is 10.1. The number of rotatable bonds is 8. The molecule has 1 heterocycles. The molecule has 1 aliphatic carbocycles. The highest BCUT2D eigenvalue weighted by Crippen LogP contribution is 2.28. The normalized spacial score (nSPS) is 17.3. The molecule has 1 aromatic heterocycles. The topological polar surface area (TPSA) is 26.2 Å². The first-order valence-corrected chi connectivity index (χ1v) is 6.74. The van der Waals surface area contributed by atoms with E-state index in [1.54, 1.807) is 0 Å². The monoisotopic (exact) mass is 236 g/mol. The fourth-order valence-electron chi connectivity index (χ4n) is 2.12. The number of hydrogen-bond acceptors (Lipinski definition) is 2. The van der Waals surface area contributed by atoms with Crippen LogP contribution in [0.3, 0.4) is 0 Å². The first-order valence-electron chi connectivity index (χ1n) is 6.74. The molecule has 1 fully saturated rings. The highest BCUT2D eigenvalue weighted by atomic mass is 16.5. The van der Waals surface area contributed by atoms with E-state index in [-0.39, 0.29) is 0 Å². The average Bonchev–Trinajstić information content (AvgIpc) is 3.04. The number of ether oxygens (including phenoxy) is 1. The number of aromatic nitrogens is 1. The van der Waals surface area contributed by atoms with Gasteiger partial charge in [-0.1, -0.05) is 13.3 Å². The van der Waals surface area contributed by atoms with Crippen molar-refractivity contribution in [3.63, 3.8) is 0 Å². The second-order valence-electron chi connectivity index (χ2n) is 5.03. The molecule has 17 heavy (non-hydrogen) atoms. The molecular formula is C14H24N2O. The minimum Gasteiger partial charge on any atom is -0.361 e. The van der Waals surface area contributed by atoms with E-state index in [2.05, 4.69) is 35.3 Å². The Labute approximate surface area is 104 Å². The summed E-state index contributed by atoms with van der Waals surface area (Å²) >= 11 is 0. The average molecular weight is 236 g/mol. The maximum Gasteiger partial charge on any atom is 0.122 e. The predicted octanol–water partition coefficient (Wildman–Crippen LogP) is 2.93. The summed E-state index contributed by atoms with van der Waals surface area (Å²) in [7, 11) is 2.03. The molecule has 0 aromatic carbocycles. The molecule has 0 spiro atoms. The van der Waals surface area contributed by atoms with Gasteiger partial charge >= 0.3 is 0 Å². The third-order valence-corrected chi connectivity index (χ3v) is 3.39. The maximum absolute atomic E-state index is 5.67. The van der Waals surface area contributed by atoms with Crippen LogP contribution >= 0.6 is 0 Å². The van der Waals surface area contributed by atoms with E-state index in [1.807, 2.05) is 7.05 Å².